The topological polar surface area (TPSA) is 108 Å². The number of aliphatic hydroxyl groups is 1. The van der Waals surface area contributed by atoms with Crippen LogP contribution in [-0.4, -0.2) is 26.6 Å². The van der Waals surface area contributed by atoms with E-state index in [0.717, 1.165) is 41.3 Å². The van der Waals surface area contributed by atoms with Crippen molar-refractivity contribution in [2.24, 2.45) is 0 Å². The first kappa shape index (κ1) is 28.0. The first-order valence-electron chi connectivity index (χ1n) is 14.7. The molecule has 8 nitrogen and oxygen atoms in total. The van der Waals surface area contributed by atoms with Gasteiger partial charge in [0.2, 0.25) is 0 Å². The number of cyclic esters (lactones) is 1. The van der Waals surface area contributed by atoms with Crippen LogP contribution in [0.15, 0.2) is 29.1 Å². The third kappa shape index (κ3) is 4.94. The van der Waals surface area contributed by atoms with Gasteiger partial charge < -0.3 is 19.1 Å². The predicted molar refractivity (Wildman–Crippen MR) is 152 cm³/mol. The van der Waals surface area contributed by atoms with Crippen LogP contribution in [0.25, 0.3) is 22.3 Å². The van der Waals surface area contributed by atoms with Crippen LogP contribution in [0.3, 0.4) is 0 Å². The Hall–Kier alpha value is -3.52. The molecule has 2 aromatic heterocycles. The monoisotopic (exact) mass is 546 g/mol. The maximum atomic E-state index is 13.5. The highest BCUT2D eigenvalue weighted by Crippen LogP contribution is 2.40. The summed E-state index contributed by atoms with van der Waals surface area (Å²) in [7, 11) is 0. The first-order valence-corrected chi connectivity index (χ1v) is 14.7. The van der Waals surface area contributed by atoms with E-state index in [4.69, 9.17) is 14.5 Å². The molecular weight excluding hydrogens is 508 g/mol. The summed E-state index contributed by atoms with van der Waals surface area (Å²) in [6, 6.07) is 7.18. The minimum atomic E-state index is -1.86. The third-order valence-electron chi connectivity index (χ3n) is 8.35. The molecule has 0 fully saturated rings. The Labute approximate surface area is 234 Å². The lowest BCUT2D eigenvalue weighted by Crippen LogP contribution is -2.44. The van der Waals surface area contributed by atoms with Crippen LogP contribution >= 0.6 is 0 Å². The molecule has 0 aliphatic carbocycles. The van der Waals surface area contributed by atoms with Gasteiger partial charge in [0, 0.05) is 22.9 Å². The molecule has 1 aromatic carbocycles. The lowest BCUT2D eigenvalue weighted by molar-refractivity contribution is -0.172. The number of carbonyl (C=O) groups is 2. The maximum absolute atomic E-state index is 13.5. The first-order chi connectivity index (χ1) is 19.3. The minimum absolute atomic E-state index is 0.0976. The van der Waals surface area contributed by atoms with E-state index < -0.39 is 11.6 Å². The molecule has 0 saturated heterocycles. The molecule has 212 valence electrons. The number of rotatable bonds is 11. The van der Waals surface area contributed by atoms with E-state index >= 15 is 0 Å². The smallest absolute Gasteiger partial charge is 0.343 e. The second-order valence-corrected chi connectivity index (χ2v) is 10.9. The molecule has 8 heteroatoms. The van der Waals surface area contributed by atoms with Crippen molar-refractivity contribution in [1.29, 1.82) is 0 Å². The Bertz CT molecular complexity index is 1520. The Morgan fingerprint density at radius 3 is 2.52 bits per heavy atom. The number of ether oxygens (including phenoxy) is 2. The molecule has 40 heavy (non-hydrogen) atoms. The number of fused-ring (bicyclic) bond motifs is 5. The second-order valence-electron chi connectivity index (χ2n) is 10.9. The number of unbranched alkanes of at least 4 members (excludes halogenated alkanes) is 6. The molecule has 5 rings (SSSR count). The Morgan fingerprint density at radius 1 is 1.05 bits per heavy atom. The zero-order chi connectivity index (χ0) is 28.4. The van der Waals surface area contributed by atoms with Gasteiger partial charge in [0.05, 0.1) is 29.0 Å². The molecule has 0 spiro atoms. The summed E-state index contributed by atoms with van der Waals surface area (Å²) in [5.74, 6) is -0.478. The van der Waals surface area contributed by atoms with Crippen molar-refractivity contribution in [3.05, 3.63) is 56.9 Å². The number of nitrogens with zero attached hydrogens (tertiary/aromatic N) is 2. The molecule has 4 heterocycles. The summed E-state index contributed by atoms with van der Waals surface area (Å²) in [5, 5.41) is 12.0. The minimum Gasteiger partial charge on any atom is -0.458 e. The molecule has 1 N–H and O–H groups in total. The van der Waals surface area contributed by atoms with Crippen molar-refractivity contribution in [3.8, 4) is 17.1 Å². The number of aryl methyl sites for hydroxylation is 1. The van der Waals surface area contributed by atoms with Crippen LogP contribution in [-0.2, 0) is 39.5 Å². The van der Waals surface area contributed by atoms with Gasteiger partial charge in [-0.25, -0.2) is 9.78 Å². The highest BCUT2D eigenvalue weighted by molar-refractivity contribution is 5.90. The van der Waals surface area contributed by atoms with Gasteiger partial charge in [-0.2, -0.15) is 0 Å². The van der Waals surface area contributed by atoms with Gasteiger partial charge in [0.1, 0.15) is 12.4 Å². The van der Waals surface area contributed by atoms with Crippen LogP contribution in [0.1, 0.15) is 101 Å². The van der Waals surface area contributed by atoms with Crippen molar-refractivity contribution in [3.63, 3.8) is 0 Å². The molecule has 1 atom stereocenters. The predicted octanol–water partition coefficient (Wildman–Crippen LogP) is 5.69. The molecule has 0 radical (unpaired) electrons. The average Bonchev–Trinajstić information content (AvgIpc) is 3.32. The summed E-state index contributed by atoms with van der Waals surface area (Å²) in [5.41, 5.74) is 2.41. The number of carbonyl (C=O) groups excluding carboxylic acids is 2. The van der Waals surface area contributed by atoms with Crippen molar-refractivity contribution in [2.45, 2.75) is 104 Å². The fourth-order valence-electron chi connectivity index (χ4n) is 6.02. The molecular formula is C32H38N2O6. The Morgan fingerprint density at radius 2 is 1.80 bits per heavy atom. The van der Waals surface area contributed by atoms with E-state index in [-0.39, 0.29) is 24.6 Å². The van der Waals surface area contributed by atoms with Gasteiger partial charge in [-0.3, -0.25) is 9.59 Å². The molecule has 2 aliphatic heterocycles. The third-order valence-corrected chi connectivity index (χ3v) is 8.35. The maximum Gasteiger partial charge on any atom is 0.343 e. The highest BCUT2D eigenvalue weighted by atomic mass is 16.6. The van der Waals surface area contributed by atoms with E-state index in [9.17, 15) is 19.5 Å². The summed E-state index contributed by atoms with van der Waals surface area (Å²) >= 11 is 0. The van der Waals surface area contributed by atoms with Gasteiger partial charge in [0.25, 0.3) is 5.56 Å². The van der Waals surface area contributed by atoms with Crippen LogP contribution in [0.5, 0.6) is 5.75 Å². The van der Waals surface area contributed by atoms with Crippen molar-refractivity contribution >= 4 is 22.8 Å². The second kappa shape index (κ2) is 11.5. The van der Waals surface area contributed by atoms with E-state index in [2.05, 4.69) is 6.92 Å². The fourth-order valence-corrected chi connectivity index (χ4v) is 6.02. The molecule has 0 amide bonds. The van der Waals surface area contributed by atoms with Gasteiger partial charge in [0.15, 0.2) is 5.60 Å². The number of esters is 2. The number of benzene rings is 1. The standard InChI is InChI=1S/C32H38N2O6/c1-4-7-8-9-10-11-12-13-28(35)40-20-14-15-26-22(16-20)21(5-2)23-18-34-27(29(23)33-26)17-25-24(30(34)36)19-39-31(37)32(25,38)6-3/h14-17,38H,4-13,18-19H2,1-3H3/t32-/m0/s1. The Balaban J connectivity index is 1.41. The van der Waals surface area contributed by atoms with E-state index in [1.165, 1.54) is 25.7 Å². The summed E-state index contributed by atoms with van der Waals surface area (Å²) in [6.07, 6.45) is 9.17. The molecule has 0 unspecified atom stereocenters. The zero-order valence-corrected chi connectivity index (χ0v) is 23.7. The molecule has 0 saturated carbocycles. The average molecular weight is 547 g/mol. The Kier molecular flexibility index (Phi) is 8.08. The van der Waals surface area contributed by atoms with Gasteiger partial charge in [-0.1, -0.05) is 59.3 Å². The summed E-state index contributed by atoms with van der Waals surface area (Å²) in [4.78, 5) is 43.4. The van der Waals surface area contributed by atoms with Gasteiger partial charge in [-0.15, -0.1) is 0 Å². The van der Waals surface area contributed by atoms with Crippen LogP contribution < -0.4 is 10.3 Å². The fraction of sp³-hybridized carbons (Fsp3) is 0.500. The number of aromatic nitrogens is 2. The zero-order valence-electron chi connectivity index (χ0n) is 23.7. The van der Waals surface area contributed by atoms with Crippen molar-refractivity contribution in [1.82, 2.24) is 9.55 Å². The molecule has 3 aromatic rings. The summed E-state index contributed by atoms with van der Waals surface area (Å²) < 4.78 is 12.5. The number of hydrogen-bond donors (Lipinski definition) is 1. The van der Waals surface area contributed by atoms with E-state index in [1.807, 2.05) is 19.1 Å². The van der Waals surface area contributed by atoms with Crippen LogP contribution in [0.2, 0.25) is 0 Å². The summed E-state index contributed by atoms with van der Waals surface area (Å²) in [6.45, 7) is 6.12. The number of hydrogen-bond acceptors (Lipinski definition) is 7. The molecule has 2 aliphatic rings. The number of pyridine rings is 2. The lowest BCUT2D eigenvalue weighted by Gasteiger charge is -2.31. The van der Waals surface area contributed by atoms with Crippen LogP contribution in [0, 0.1) is 0 Å². The van der Waals surface area contributed by atoms with E-state index in [1.54, 1.807) is 23.6 Å². The lowest BCUT2D eigenvalue weighted by atomic mass is 9.86. The normalized spacial score (nSPS) is 17.4. The van der Waals surface area contributed by atoms with E-state index in [0.29, 0.717) is 47.7 Å². The highest BCUT2D eigenvalue weighted by Gasteiger charge is 2.45. The quantitative estimate of drug-likeness (QED) is 0.146. The van der Waals surface area contributed by atoms with Gasteiger partial charge >= 0.3 is 11.9 Å². The largest absolute Gasteiger partial charge is 0.458 e. The molecule has 0 bridgehead atoms. The van der Waals surface area contributed by atoms with Gasteiger partial charge in [-0.05, 0) is 49.1 Å². The van der Waals surface area contributed by atoms with Crippen molar-refractivity contribution in [2.75, 3.05) is 0 Å². The SMILES string of the molecule is CCCCCCCCCC(=O)Oc1ccc2nc3c(c(CC)c2c1)Cn1c-3cc2c(c1=O)COC(=O)[C@]2(O)CC. The van der Waals surface area contributed by atoms with Crippen molar-refractivity contribution < 1.29 is 24.2 Å². The van der Waals surface area contributed by atoms with Crippen LogP contribution in [0.4, 0.5) is 0 Å².